The van der Waals surface area contributed by atoms with Crippen LogP contribution in [0.5, 0.6) is 11.6 Å². The van der Waals surface area contributed by atoms with Crippen LogP contribution in [0.4, 0.5) is 5.69 Å². The third-order valence-corrected chi connectivity index (χ3v) is 4.67. The molecule has 0 aliphatic heterocycles. The van der Waals surface area contributed by atoms with Crippen LogP contribution in [0.3, 0.4) is 0 Å². The molecule has 0 bridgehead atoms. The molecule has 0 saturated carbocycles. The molecule has 31 heavy (non-hydrogen) atoms. The zero-order valence-corrected chi connectivity index (χ0v) is 16.4. The number of anilines is 1. The summed E-state index contributed by atoms with van der Waals surface area (Å²) in [7, 11) is 0. The zero-order chi connectivity index (χ0) is 21.0. The van der Waals surface area contributed by atoms with Gasteiger partial charge in [0.1, 0.15) is 5.75 Å². The highest BCUT2D eigenvalue weighted by Crippen LogP contribution is 2.30. The molecule has 0 spiro atoms. The molecule has 0 aliphatic carbocycles. The lowest BCUT2D eigenvalue weighted by atomic mass is 10.2. The highest BCUT2D eigenvalue weighted by Gasteiger charge is 2.12. The Balaban J connectivity index is 1.43. The summed E-state index contributed by atoms with van der Waals surface area (Å²) in [6.45, 7) is 0. The molecule has 0 radical (unpaired) electrons. The monoisotopic (exact) mass is 407 g/mol. The molecule has 0 fully saturated rings. The molecule has 1 amide bonds. The SMILES string of the molecule is O=C(Nc1ccc(Oc2nc(-c3ccccc3)nc3ccccc23)cc1)c1ccco1. The largest absolute Gasteiger partial charge is 0.459 e. The average Bonchev–Trinajstić information content (AvgIpc) is 3.36. The Hall–Kier alpha value is -4.45. The van der Waals surface area contributed by atoms with E-state index in [0.717, 1.165) is 16.5 Å². The molecule has 2 aromatic heterocycles. The summed E-state index contributed by atoms with van der Waals surface area (Å²) in [6.07, 6.45) is 1.46. The van der Waals surface area contributed by atoms with E-state index >= 15 is 0 Å². The number of nitrogens with zero attached hydrogens (tertiary/aromatic N) is 2. The number of aromatic nitrogens is 2. The molecule has 2 heterocycles. The van der Waals surface area contributed by atoms with Gasteiger partial charge in [0.05, 0.1) is 17.2 Å². The van der Waals surface area contributed by atoms with Crippen LogP contribution in [0.15, 0.2) is 102 Å². The fraction of sp³-hybridized carbons (Fsp3) is 0. The highest BCUT2D eigenvalue weighted by molar-refractivity contribution is 6.02. The van der Waals surface area contributed by atoms with E-state index in [-0.39, 0.29) is 11.7 Å². The van der Waals surface area contributed by atoms with Crippen LogP contribution in [0.2, 0.25) is 0 Å². The van der Waals surface area contributed by atoms with Crippen LogP contribution < -0.4 is 10.1 Å². The van der Waals surface area contributed by atoms with E-state index in [0.29, 0.717) is 23.1 Å². The third-order valence-electron chi connectivity index (χ3n) is 4.67. The number of carbonyl (C=O) groups is 1. The van der Waals surface area contributed by atoms with Crippen molar-refractivity contribution in [1.29, 1.82) is 0 Å². The topological polar surface area (TPSA) is 77.2 Å². The Morgan fingerprint density at radius 1 is 0.806 bits per heavy atom. The molecular formula is C25H17N3O3. The van der Waals surface area contributed by atoms with Crippen molar-refractivity contribution in [2.75, 3.05) is 5.32 Å². The summed E-state index contributed by atoms with van der Waals surface area (Å²) >= 11 is 0. The van der Waals surface area contributed by atoms with Crippen molar-refractivity contribution in [1.82, 2.24) is 9.97 Å². The lowest BCUT2D eigenvalue weighted by Gasteiger charge is -2.11. The normalized spacial score (nSPS) is 10.7. The van der Waals surface area contributed by atoms with Gasteiger partial charge in [-0.25, -0.2) is 4.98 Å². The van der Waals surface area contributed by atoms with E-state index in [1.165, 1.54) is 6.26 Å². The van der Waals surface area contributed by atoms with Gasteiger partial charge in [0.25, 0.3) is 5.91 Å². The summed E-state index contributed by atoms with van der Waals surface area (Å²) in [5.74, 6) is 1.60. The van der Waals surface area contributed by atoms with Gasteiger partial charge in [-0.1, -0.05) is 42.5 Å². The number of nitrogens with one attached hydrogen (secondary N) is 1. The number of fused-ring (bicyclic) bond motifs is 1. The minimum absolute atomic E-state index is 0.251. The molecule has 6 nitrogen and oxygen atoms in total. The zero-order valence-electron chi connectivity index (χ0n) is 16.4. The number of para-hydroxylation sites is 1. The Morgan fingerprint density at radius 2 is 1.58 bits per heavy atom. The Kier molecular flexibility index (Phi) is 4.86. The molecule has 3 aromatic carbocycles. The third kappa shape index (κ3) is 4.00. The summed E-state index contributed by atoms with van der Waals surface area (Å²) < 4.78 is 11.2. The van der Waals surface area contributed by atoms with Gasteiger partial charge in [-0.3, -0.25) is 4.79 Å². The summed E-state index contributed by atoms with van der Waals surface area (Å²) in [4.78, 5) is 21.4. The molecule has 6 heteroatoms. The number of hydrogen-bond donors (Lipinski definition) is 1. The van der Waals surface area contributed by atoms with Gasteiger partial charge < -0.3 is 14.5 Å². The number of rotatable bonds is 5. The minimum Gasteiger partial charge on any atom is -0.459 e. The van der Waals surface area contributed by atoms with Crippen LogP contribution in [0, 0.1) is 0 Å². The van der Waals surface area contributed by atoms with Crippen LogP contribution in [-0.2, 0) is 0 Å². The van der Waals surface area contributed by atoms with E-state index < -0.39 is 0 Å². The fourth-order valence-electron chi connectivity index (χ4n) is 3.16. The number of amides is 1. The predicted octanol–water partition coefficient (Wildman–Crippen LogP) is 5.93. The maximum absolute atomic E-state index is 12.1. The van der Waals surface area contributed by atoms with E-state index in [9.17, 15) is 4.79 Å². The fourth-order valence-corrected chi connectivity index (χ4v) is 3.16. The average molecular weight is 407 g/mol. The first-order valence-corrected chi connectivity index (χ1v) is 9.71. The molecule has 0 unspecified atom stereocenters. The minimum atomic E-state index is -0.312. The number of furan rings is 1. The second kappa shape index (κ2) is 8.12. The van der Waals surface area contributed by atoms with Crippen LogP contribution >= 0.6 is 0 Å². The Bertz CT molecular complexity index is 1330. The molecule has 5 rings (SSSR count). The van der Waals surface area contributed by atoms with Gasteiger partial charge in [0.2, 0.25) is 5.88 Å². The Labute approximate surface area is 178 Å². The van der Waals surface area contributed by atoms with Crippen molar-refractivity contribution in [3.05, 3.63) is 103 Å². The number of ether oxygens (including phenoxy) is 1. The number of benzene rings is 3. The number of carbonyl (C=O) groups excluding carboxylic acids is 1. The lowest BCUT2D eigenvalue weighted by Crippen LogP contribution is -2.10. The maximum atomic E-state index is 12.1. The first-order valence-electron chi connectivity index (χ1n) is 9.71. The quantitative estimate of drug-likeness (QED) is 0.390. The van der Waals surface area contributed by atoms with Crippen molar-refractivity contribution in [3.8, 4) is 23.0 Å². The van der Waals surface area contributed by atoms with Crippen molar-refractivity contribution < 1.29 is 13.9 Å². The molecular weight excluding hydrogens is 390 g/mol. The first-order chi connectivity index (χ1) is 15.3. The van der Waals surface area contributed by atoms with Crippen LogP contribution in [0.1, 0.15) is 10.6 Å². The molecule has 0 saturated heterocycles. The lowest BCUT2D eigenvalue weighted by molar-refractivity contribution is 0.0996. The second-order valence-electron chi connectivity index (χ2n) is 6.79. The van der Waals surface area contributed by atoms with Gasteiger partial charge in [-0.15, -0.1) is 0 Å². The van der Waals surface area contributed by atoms with Crippen molar-refractivity contribution in [3.63, 3.8) is 0 Å². The van der Waals surface area contributed by atoms with E-state index in [4.69, 9.17) is 9.15 Å². The van der Waals surface area contributed by atoms with E-state index in [1.807, 2.05) is 54.6 Å². The second-order valence-corrected chi connectivity index (χ2v) is 6.79. The van der Waals surface area contributed by atoms with Crippen LogP contribution in [-0.4, -0.2) is 15.9 Å². The van der Waals surface area contributed by atoms with Gasteiger partial charge in [-0.2, -0.15) is 4.98 Å². The Morgan fingerprint density at radius 3 is 2.35 bits per heavy atom. The summed E-state index contributed by atoms with van der Waals surface area (Å²) in [5, 5.41) is 3.60. The molecule has 150 valence electrons. The molecule has 5 aromatic rings. The van der Waals surface area contributed by atoms with Crippen molar-refractivity contribution in [2.45, 2.75) is 0 Å². The van der Waals surface area contributed by atoms with Gasteiger partial charge in [0.15, 0.2) is 11.6 Å². The van der Waals surface area contributed by atoms with Gasteiger partial charge in [-0.05, 0) is 48.5 Å². The first kappa shape index (κ1) is 18.6. The molecule has 0 aliphatic rings. The summed E-state index contributed by atoms with van der Waals surface area (Å²) in [6, 6.07) is 27.8. The highest BCUT2D eigenvalue weighted by atomic mass is 16.5. The number of hydrogen-bond acceptors (Lipinski definition) is 5. The summed E-state index contributed by atoms with van der Waals surface area (Å²) in [5.41, 5.74) is 2.34. The molecule has 0 atom stereocenters. The van der Waals surface area contributed by atoms with Crippen LogP contribution in [0.25, 0.3) is 22.3 Å². The standard InChI is InChI=1S/C25H17N3O3/c29-24(22-11-6-16-30-22)26-18-12-14-19(15-13-18)31-25-20-9-4-5-10-21(20)27-23(28-25)17-7-2-1-3-8-17/h1-16H,(H,26,29). The molecule has 1 N–H and O–H groups in total. The van der Waals surface area contributed by atoms with Crippen molar-refractivity contribution >= 4 is 22.5 Å². The van der Waals surface area contributed by atoms with Gasteiger partial charge >= 0.3 is 0 Å². The maximum Gasteiger partial charge on any atom is 0.291 e. The van der Waals surface area contributed by atoms with Crippen molar-refractivity contribution in [2.24, 2.45) is 0 Å². The van der Waals surface area contributed by atoms with E-state index in [1.54, 1.807) is 36.4 Å². The smallest absolute Gasteiger partial charge is 0.291 e. The predicted molar refractivity (Wildman–Crippen MR) is 118 cm³/mol. The van der Waals surface area contributed by atoms with E-state index in [2.05, 4.69) is 15.3 Å². The van der Waals surface area contributed by atoms with Gasteiger partial charge in [0, 0.05) is 11.3 Å².